The molecule has 22 heavy (non-hydrogen) atoms. The zero-order valence-corrected chi connectivity index (χ0v) is 14.1. The molecule has 0 radical (unpaired) electrons. The Labute approximate surface area is 132 Å². The first kappa shape index (κ1) is 17.0. The van der Waals surface area contributed by atoms with E-state index in [4.69, 9.17) is 4.74 Å². The van der Waals surface area contributed by atoms with Crippen molar-refractivity contribution in [3.63, 3.8) is 0 Å². The lowest BCUT2D eigenvalue weighted by atomic mass is 10.00. The van der Waals surface area contributed by atoms with Crippen LogP contribution in [0.25, 0.3) is 0 Å². The summed E-state index contributed by atoms with van der Waals surface area (Å²) < 4.78 is 7.83. The van der Waals surface area contributed by atoms with Gasteiger partial charge in [0.25, 0.3) is 0 Å². The predicted octanol–water partition coefficient (Wildman–Crippen LogP) is 1.49. The zero-order valence-electron chi connectivity index (χ0n) is 14.1. The molecule has 1 aromatic rings. The smallest absolute Gasteiger partial charge is 0.237 e. The van der Waals surface area contributed by atoms with E-state index in [0.717, 1.165) is 31.4 Å². The summed E-state index contributed by atoms with van der Waals surface area (Å²) in [4.78, 5) is 18.6. The van der Waals surface area contributed by atoms with E-state index in [1.54, 1.807) is 6.33 Å². The van der Waals surface area contributed by atoms with Crippen molar-refractivity contribution in [2.45, 2.75) is 50.8 Å². The van der Waals surface area contributed by atoms with Crippen molar-refractivity contribution < 1.29 is 9.53 Å². The number of imidazole rings is 1. The lowest BCUT2D eigenvalue weighted by molar-refractivity contribution is -0.127. The van der Waals surface area contributed by atoms with Crippen LogP contribution in [-0.2, 0) is 16.6 Å². The molecule has 1 saturated heterocycles. The van der Waals surface area contributed by atoms with Gasteiger partial charge in [0.15, 0.2) is 0 Å². The van der Waals surface area contributed by atoms with E-state index in [0.29, 0.717) is 6.61 Å². The number of carbonyl (C=O) groups is 1. The normalized spacial score (nSPS) is 23.5. The summed E-state index contributed by atoms with van der Waals surface area (Å²) in [6, 6.07) is 0.114. The number of rotatable bonds is 6. The second-order valence-electron chi connectivity index (χ2n) is 6.29. The summed E-state index contributed by atoms with van der Waals surface area (Å²) in [6.45, 7) is 2.78. The molecule has 0 aliphatic carbocycles. The molecule has 0 spiro atoms. The van der Waals surface area contributed by atoms with Crippen molar-refractivity contribution in [3.8, 4) is 0 Å². The van der Waals surface area contributed by atoms with Crippen LogP contribution in [0.15, 0.2) is 12.5 Å². The van der Waals surface area contributed by atoms with E-state index >= 15 is 0 Å². The topological polar surface area (TPSA) is 59.4 Å². The Bertz CT molecular complexity index is 486. The van der Waals surface area contributed by atoms with E-state index in [2.05, 4.69) is 17.2 Å². The van der Waals surface area contributed by atoms with E-state index in [9.17, 15) is 4.79 Å². The van der Waals surface area contributed by atoms with Crippen LogP contribution >= 0.6 is 0 Å². The largest absolute Gasteiger partial charge is 0.372 e. The SMILES string of the molecule is CCCC(C(=O)NC1CCOC(c2cncn2C)C1)N(C)C. The third-order valence-electron chi connectivity index (χ3n) is 4.30. The molecule has 1 aromatic heterocycles. The first-order valence-electron chi connectivity index (χ1n) is 8.07. The van der Waals surface area contributed by atoms with Crippen molar-refractivity contribution in [2.24, 2.45) is 7.05 Å². The third kappa shape index (κ3) is 4.08. The van der Waals surface area contributed by atoms with Gasteiger partial charge in [0.2, 0.25) is 5.91 Å². The molecule has 1 fully saturated rings. The van der Waals surface area contributed by atoms with Crippen molar-refractivity contribution in [1.82, 2.24) is 19.8 Å². The summed E-state index contributed by atoms with van der Waals surface area (Å²) in [7, 11) is 5.89. The van der Waals surface area contributed by atoms with Crippen molar-refractivity contribution in [3.05, 3.63) is 18.2 Å². The van der Waals surface area contributed by atoms with E-state index in [-0.39, 0.29) is 24.1 Å². The summed E-state index contributed by atoms with van der Waals surface area (Å²) in [5.41, 5.74) is 1.07. The van der Waals surface area contributed by atoms with Crippen LogP contribution in [0.3, 0.4) is 0 Å². The van der Waals surface area contributed by atoms with Crippen molar-refractivity contribution >= 4 is 5.91 Å². The molecule has 6 heteroatoms. The molecular weight excluding hydrogens is 280 g/mol. The minimum absolute atomic E-state index is 0.00975. The van der Waals surface area contributed by atoms with Crippen LogP contribution in [0, 0.1) is 0 Å². The number of nitrogens with zero attached hydrogens (tertiary/aromatic N) is 3. The first-order valence-corrected chi connectivity index (χ1v) is 8.07. The number of nitrogens with one attached hydrogen (secondary N) is 1. The third-order valence-corrected chi connectivity index (χ3v) is 4.30. The average molecular weight is 308 g/mol. The monoisotopic (exact) mass is 308 g/mol. The number of aromatic nitrogens is 2. The molecule has 124 valence electrons. The average Bonchev–Trinajstić information content (AvgIpc) is 2.90. The van der Waals surface area contributed by atoms with Crippen LogP contribution in [0.5, 0.6) is 0 Å². The van der Waals surface area contributed by atoms with Gasteiger partial charge in [-0.1, -0.05) is 13.3 Å². The Kier molecular flexibility index (Phi) is 5.97. The number of carbonyl (C=O) groups excluding carboxylic acids is 1. The van der Waals surface area contributed by atoms with Crippen LogP contribution in [0.4, 0.5) is 0 Å². The van der Waals surface area contributed by atoms with Gasteiger partial charge in [-0.3, -0.25) is 9.69 Å². The number of hydrogen-bond acceptors (Lipinski definition) is 4. The number of aryl methyl sites for hydroxylation is 1. The molecule has 3 unspecified atom stereocenters. The number of hydrogen-bond donors (Lipinski definition) is 1. The first-order chi connectivity index (χ1) is 10.5. The summed E-state index contributed by atoms with van der Waals surface area (Å²) in [6.07, 6.45) is 7.19. The van der Waals surface area contributed by atoms with Gasteiger partial charge in [0.05, 0.1) is 24.3 Å². The van der Waals surface area contributed by atoms with Crippen LogP contribution < -0.4 is 5.32 Å². The standard InChI is InChI=1S/C16H28N4O2/c1-5-6-13(19(2)3)16(21)18-12-7-8-22-15(9-12)14-10-17-11-20(14)4/h10-13,15H,5-9H2,1-4H3,(H,18,21). The molecule has 0 aromatic carbocycles. The molecular formula is C16H28N4O2. The Balaban J connectivity index is 1.95. The Hall–Kier alpha value is -1.40. The molecule has 1 amide bonds. The van der Waals surface area contributed by atoms with Gasteiger partial charge in [-0.25, -0.2) is 4.98 Å². The van der Waals surface area contributed by atoms with E-state index in [1.165, 1.54) is 0 Å². The van der Waals surface area contributed by atoms with Crippen molar-refractivity contribution in [1.29, 1.82) is 0 Å². The highest BCUT2D eigenvalue weighted by Crippen LogP contribution is 2.27. The minimum Gasteiger partial charge on any atom is -0.372 e. The molecule has 3 atom stereocenters. The number of amides is 1. The summed E-state index contributed by atoms with van der Waals surface area (Å²) >= 11 is 0. The second-order valence-corrected chi connectivity index (χ2v) is 6.29. The molecule has 1 aliphatic rings. The number of likely N-dealkylation sites (N-methyl/N-ethyl adjacent to an activating group) is 1. The van der Waals surface area contributed by atoms with Gasteiger partial charge in [-0.05, 0) is 33.4 Å². The maximum absolute atomic E-state index is 12.5. The van der Waals surface area contributed by atoms with Crippen molar-refractivity contribution in [2.75, 3.05) is 20.7 Å². The van der Waals surface area contributed by atoms with Gasteiger partial charge in [-0.2, -0.15) is 0 Å². The van der Waals surface area contributed by atoms with Crippen LogP contribution in [-0.4, -0.2) is 53.1 Å². The highest BCUT2D eigenvalue weighted by atomic mass is 16.5. The van der Waals surface area contributed by atoms with Gasteiger partial charge in [0, 0.05) is 19.7 Å². The molecule has 1 N–H and O–H groups in total. The maximum Gasteiger partial charge on any atom is 0.237 e. The predicted molar refractivity (Wildman–Crippen MR) is 85.4 cm³/mol. The van der Waals surface area contributed by atoms with Gasteiger partial charge in [-0.15, -0.1) is 0 Å². The van der Waals surface area contributed by atoms with Crippen LogP contribution in [0.1, 0.15) is 44.4 Å². The highest BCUT2D eigenvalue weighted by Gasteiger charge is 2.29. The Morgan fingerprint density at radius 1 is 1.59 bits per heavy atom. The molecule has 2 rings (SSSR count). The van der Waals surface area contributed by atoms with Crippen LogP contribution in [0.2, 0.25) is 0 Å². The molecule has 2 heterocycles. The van der Waals surface area contributed by atoms with Gasteiger partial charge < -0.3 is 14.6 Å². The highest BCUT2D eigenvalue weighted by molar-refractivity contribution is 5.81. The quantitative estimate of drug-likeness (QED) is 0.865. The van der Waals surface area contributed by atoms with E-state index < -0.39 is 0 Å². The number of ether oxygens (including phenoxy) is 1. The molecule has 6 nitrogen and oxygen atoms in total. The summed E-state index contributed by atoms with van der Waals surface area (Å²) in [5.74, 6) is 0.127. The lowest BCUT2D eigenvalue weighted by Crippen LogP contribution is -2.49. The minimum atomic E-state index is -0.0528. The fraction of sp³-hybridized carbons (Fsp3) is 0.750. The fourth-order valence-electron chi connectivity index (χ4n) is 3.01. The Morgan fingerprint density at radius 2 is 2.36 bits per heavy atom. The van der Waals surface area contributed by atoms with Gasteiger partial charge in [0.1, 0.15) is 6.10 Å². The molecule has 1 aliphatic heterocycles. The summed E-state index contributed by atoms with van der Waals surface area (Å²) in [5, 5.41) is 3.21. The van der Waals surface area contributed by atoms with E-state index in [1.807, 2.05) is 36.8 Å². The molecule has 0 bridgehead atoms. The lowest BCUT2D eigenvalue weighted by Gasteiger charge is -2.32. The Morgan fingerprint density at radius 3 is 2.95 bits per heavy atom. The zero-order chi connectivity index (χ0) is 16.1. The van der Waals surface area contributed by atoms with Gasteiger partial charge >= 0.3 is 0 Å². The fourth-order valence-corrected chi connectivity index (χ4v) is 3.01. The second kappa shape index (κ2) is 7.74. The maximum atomic E-state index is 12.5. The molecule has 0 saturated carbocycles.